The molecule has 1 amide bonds. The van der Waals surface area contributed by atoms with Gasteiger partial charge in [0.25, 0.3) is 5.91 Å². The van der Waals surface area contributed by atoms with Gasteiger partial charge < -0.3 is 14.8 Å². The van der Waals surface area contributed by atoms with Gasteiger partial charge in [0.05, 0.1) is 0 Å². The fourth-order valence-electron chi connectivity index (χ4n) is 5.22. The monoisotopic (exact) mass is 481 g/mol. The summed E-state index contributed by atoms with van der Waals surface area (Å²) in [7, 11) is 0. The summed E-state index contributed by atoms with van der Waals surface area (Å²) in [6, 6.07) is 22.7. The molecule has 0 radical (unpaired) electrons. The molecule has 4 aromatic rings. The highest BCUT2D eigenvalue weighted by atomic mass is 16.4. The van der Waals surface area contributed by atoms with Crippen molar-refractivity contribution >= 4 is 17.5 Å². The number of carbonyl (C=O) groups is 2. The van der Waals surface area contributed by atoms with Crippen molar-refractivity contribution in [1.82, 2.24) is 14.7 Å². The van der Waals surface area contributed by atoms with E-state index in [4.69, 9.17) is 5.11 Å². The number of carboxylic acids is 1. The Morgan fingerprint density at radius 1 is 0.889 bits per heavy atom. The van der Waals surface area contributed by atoms with Crippen LogP contribution < -0.4 is 5.32 Å². The number of nitrogens with zero attached hydrogens (tertiary/aromatic N) is 2. The van der Waals surface area contributed by atoms with E-state index in [-0.39, 0.29) is 5.91 Å². The van der Waals surface area contributed by atoms with Crippen LogP contribution >= 0.6 is 0 Å². The van der Waals surface area contributed by atoms with Crippen molar-refractivity contribution < 1.29 is 14.7 Å². The highest BCUT2D eigenvalue weighted by molar-refractivity contribution is 5.92. The molecule has 36 heavy (non-hydrogen) atoms. The minimum Gasteiger partial charge on any atom is -0.481 e. The predicted octanol–water partition coefficient (Wildman–Crippen LogP) is 5.72. The summed E-state index contributed by atoms with van der Waals surface area (Å²) in [6.07, 6.45) is 8.93. The van der Waals surface area contributed by atoms with Crippen LogP contribution in [-0.4, -0.2) is 32.9 Å². The zero-order chi connectivity index (χ0) is 24.9. The number of nitrogens with one attached hydrogen (secondary N) is 1. The van der Waals surface area contributed by atoms with Crippen molar-refractivity contribution in [2.75, 3.05) is 6.54 Å². The van der Waals surface area contributed by atoms with Crippen LogP contribution in [0.5, 0.6) is 0 Å². The second kappa shape index (κ2) is 10.8. The molecule has 1 aliphatic rings. The molecule has 1 saturated carbocycles. The van der Waals surface area contributed by atoms with Gasteiger partial charge >= 0.3 is 5.97 Å². The Hall–Kier alpha value is -3.93. The number of aromatic nitrogens is 2. The van der Waals surface area contributed by atoms with Gasteiger partial charge in [-0.15, -0.1) is 0 Å². The third kappa shape index (κ3) is 5.65. The first kappa shape index (κ1) is 23.8. The van der Waals surface area contributed by atoms with Crippen molar-refractivity contribution in [3.8, 4) is 11.1 Å². The van der Waals surface area contributed by atoms with E-state index in [1.54, 1.807) is 6.20 Å². The highest BCUT2D eigenvalue weighted by Crippen LogP contribution is 2.37. The molecule has 2 aromatic heterocycles. The van der Waals surface area contributed by atoms with Gasteiger partial charge in [0.15, 0.2) is 0 Å². The minimum atomic E-state index is -0.687. The molecule has 0 unspecified atom stereocenters. The first-order valence-electron chi connectivity index (χ1n) is 12.7. The Bertz CT molecular complexity index is 1340. The van der Waals surface area contributed by atoms with Crippen molar-refractivity contribution in [3.63, 3.8) is 0 Å². The molecule has 184 valence electrons. The van der Waals surface area contributed by atoms with E-state index in [1.165, 1.54) is 11.1 Å². The summed E-state index contributed by atoms with van der Waals surface area (Å²) in [4.78, 5) is 28.1. The molecular weight excluding hydrogens is 450 g/mol. The lowest BCUT2D eigenvalue weighted by Crippen LogP contribution is -2.25. The smallest absolute Gasteiger partial charge is 0.303 e. The topological polar surface area (TPSA) is 83.7 Å². The average Bonchev–Trinajstić information content (AvgIpc) is 3.33. The Balaban J connectivity index is 1.21. The lowest BCUT2D eigenvalue weighted by atomic mass is 9.77. The number of amides is 1. The van der Waals surface area contributed by atoms with E-state index in [2.05, 4.69) is 46.7 Å². The summed E-state index contributed by atoms with van der Waals surface area (Å²) in [5.74, 6) is -0.0361. The zero-order valence-electron chi connectivity index (χ0n) is 20.3. The van der Waals surface area contributed by atoms with Gasteiger partial charge in [-0.1, -0.05) is 54.6 Å². The molecule has 0 bridgehead atoms. The molecule has 1 fully saturated rings. The van der Waals surface area contributed by atoms with Crippen LogP contribution in [0.1, 0.15) is 59.6 Å². The lowest BCUT2D eigenvalue weighted by Gasteiger charge is -2.28. The van der Waals surface area contributed by atoms with Crippen molar-refractivity contribution in [2.24, 2.45) is 5.92 Å². The molecule has 6 heteroatoms. The van der Waals surface area contributed by atoms with Crippen LogP contribution in [0.4, 0.5) is 0 Å². The van der Waals surface area contributed by atoms with Crippen LogP contribution in [0.2, 0.25) is 0 Å². The Kier molecular flexibility index (Phi) is 7.12. The Labute approximate surface area is 211 Å². The number of pyridine rings is 1. The molecule has 2 N–H and O–H groups in total. The number of carbonyl (C=O) groups excluding carboxylic acids is 1. The number of rotatable bonds is 8. The number of hydrogen-bond acceptors (Lipinski definition) is 3. The van der Waals surface area contributed by atoms with Crippen molar-refractivity contribution in [1.29, 1.82) is 0 Å². The summed E-state index contributed by atoms with van der Waals surface area (Å²) < 4.78 is 1.90. The Morgan fingerprint density at radius 2 is 1.61 bits per heavy atom. The maximum absolute atomic E-state index is 12.6. The number of aliphatic carboxylic acids is 1. The van der Waals surface area contributed by atoms with E-state index >= 15 is 0 Å². The fraction of sp³-hybridized carbons (Fsp3) is 0.300. The van der Waals surface area contributed by atoms with Crippen LogP contribution in [0.15, 0.2) is 79.1 Å². The second-order valence-electron chi connectivity index (χ2n) is 9.74. The summed E-state index contributed by atoms with van der Waals surface area (Å²) in [5.41, 5.74) is 5.84. The number of benzene rings is 2. The Morgan fingerprint density at radius 3 is 2.33 bits per heavy atom. The zero-order valence-corrected chi connectivity index (χ0v) is 20.3. The quantitative estimate of drug-likeness (QED) is 0.337. The molecular formula is C30H31N3O3. The first-order chi connectivity index (χ1) is 17.5. The van der Waals surface area contributed by atoms with Crippen molar-refractivity contribution in [2.45, 2.75) is 44.4 Å². The van der Waals surface area contributed by atoms with Gasteiger partial charge in [0, 0.05) is 25.4 Å². The SMILES string of the molecule is O=C(O)CC1CCC(c2ccc(-c3ccc4nc(C(=O)NCCc5ccccc5)cn4c3)cc2)CC1. The van der Waals surface area contributed by atoms with Gasteiger partial charge in [-0.05, 0) is 78.3 Å². The van der Waals surface area contributed by atoms with Gasteiger partial charge in [-0.3, -0.25) is 9.59 Å². The number of imidazole rings is 1. The maximum atomic E-state index is 12.6. The normalized spacial score (nSPS) is 17.7. The van der Waals surface area contributed by atoms with Crippen LogP contribution in [0, 0.1) is 5.92 Å². The number of fused-ring (bicyclic) bond motifs is 1. The largest absolute Gasteiger partial charge is 0.481 e. The maximum Gasteiger partial charge on any atom is 0.303 e. The standard InChI is InChI=1S/C30H31N3O3/c34-29(35)18-22-6-8-23(9-7-22)24-10-12-25(13-11-24)26-14-15-28-32-27(20-33(28)19-26)30(36)31-17-16-21-4-2-1-3-5-21/h1-5,10-15,19-20,22-23H,6-9,16-18H2,(H,31,36)(H,34,35). The summed E-state index contributed by atoms with van der Waals surface area (Å²) in [6.45, 7) is 0.565. The van der Waals surface area contributed by atoms with Crippen LogP contribution in [0.3, 0.4) is 0 Å². The highest BCUT2D eigenvalue weighted by Gasteiger charge is 2.24. The van der Waals surface area contributed by atoms with E-state index < -0.39 is 5.97 Å². The molecule has 2 heterocycles. The van der Waals surface area contributed by atoms with E-state index in [0.29, 0.717) is 30.5 Å². The number of hydrogen-bond donors (Lipinski definition) is 2. The molecule has 2 aromatic carbocycles. The van der Waals surface area contributed by atoms with Gasteiger partial charge in [0.1, 0.15) is 11.3 Å². The molecule has 1 aliphatic carbocycles. The minimum absolute atomic E-state index is 0.168. The molecule has 6 nitrogen and oxygen atoms in total. The van der Waals surface area contributed by atoms with E-state index in [0.717, 1.165) is 48.9 Å². The van der Waals surface area contributed by atoms with Gasteiger partial charge in [-0.2, -0.15) is 0 Å². The average molecular weight is 482 g/mol. The van der Waals surface area contributed by atoms with E-state index in [9.17, 15) is 9.59 Å². The summed E-state index contributed by atoms with van der Waals surface area (Å²) in [5, 5.41) is 12.0. The van der Waals surface area contributed by atoms with E-state index in [1.807, 2.05) is 40.9 Å². The molecule has 0 saturated heterocycles. The second-order valence-corrected chi connectivity index (χ2v) is 9.74. The lowest BCUT2D eigenvalue weighted by molar-refractivity contribution is -0.138. The van der Waals surface area contributed by atoms with Crippen molar-refractivity contribution in [3.05, 3.63) is 95.9 Å². The van der Waals surface area contributed by atoms with Crippen LogP contribution in [0.25, 0.3) is 16.8 Å². The third-order valence-corrected chi connectivity index (χ3v) is 7.25. The molecule has 5 rings (SSSR count). The molecule has 0 aliphatic heterocycles. The van der Waals surface area contributed by atoms with Gasteiger partial charge in [-0.25, -0.2) is 4.98 Å². The fourth-order valence-corrected chi connectivity index (χ4v) is 5.22. The molecule has 0 atom stereocenters. The summed E-state index contributed by atoms with van der Waals surface area (Å²) >= 11 is 0. The van der Waals surface area contributed by atoms with Gasteiger partial charge in [0.2, 0.25) is 0 Å². The first-order valence-corrected chi connectivity index (χ1v) is 12.7. The van der Waals surface area contributed by atoms with Crippen LogP contribution in [-0.2, 0) is 11.2 Å². The molecule has 0 spiro atoms. The number of carboxylic acid groups (broad SMARTS) is 1. The predicted molar refractivity (Wildman–Crippen MR) is 140 cm³/mol. The third-order valence-electron chi connectivity index (χ3n) is 7.25.